The third-order valence-corrected chi connectivity index (χ3v) is 18.0. The van der Waals surface area contributed by atoms with Gasteiger partial charge in [-0.1, -0.05) is 203 Å². The fourth-order valence-electron chi connectivity index (χ4n) is 11.7. The van der Waals surface area contributed by atoms with E-state index in [-0.39, 0.29) is 13.4 Å². The number of hydrogen-bond acceptors (Lipinski definition) is 3. The zero-order valence-corrected chi connectivity index (χ0v) is 38.5. The predicted octanol–water partition coefficient (Wildman–Crippen LogP) is 12.2. The van der Waals surface area contributed by atoms with E-state index in [2.05, 4.69) is 228 Å². The number of nitrogens with zero attached hydrogens (tertiary/aromatic N) is 2. The van der Waals surface area contributed by atoms with Gasteiger partial charge in [0.15, 0.2) is 0 Å². The highest BCUT2D eigenvalue weighted by Crippen LogP contribution is 2.47. The largest absolute Gasteiger partial charge is 0.309 e. The molecule has 2 aliphatic heterocycles. The molecule has 5 heterocycles. The van der Waals surface area contributed by atoms with E-state index in [9.17, 15) is 0 Å². The van der Waals surface area contributed by atoms with Crippen LogP contribution in [0.1, 0.15) is 0 Å². The fraction of sp³-hybridized carbons (Fsp3) is 0. The number of fused-ring (bicyclic) bond motifs is 17. The highest BCUT2D eigenvalue weighted by atomic mass is 32.2. The molecular formula is C60H36B2N2S3. The molecule has 2 nitrogen and oxygen atoms in total. The van der Waals surface area contributed by atoms with Gasteiger partial charge in [0.25, 0.3) is 0 Å². The minimum absolute atomic E-state index is 0.00673. The summed E-state index contributed by atoms with van der Waals surface area (Å²) in [5, 5.41) is 7.80. The van der Waals surface area contributed by atoms with Gasteiger partial charge in [0, 0.05) is 72.7 Å². The van der Waals surface area contributed by atoms with Gasteiger partial charge < -0.3 is 9.13 Å². The minimum Gasteiger partial charge on any atom is -0.309 e. The van der Waals surface area contributed by atoms with E-state index in [1.54, 1.807) is 0 Å². The maximum absolute atomic E-state index is 2.52. The molecule has 0 aliphatic carbocycles. The molecule has 0 fully saturated rings. The van der Waals surface area contributed by atoms with Gasteiger partial charge in [0.05, 0.1) is 22.1 Å². The predicted molar refractivity (Wildman–Crippen MR) is 291 cm³/mol. The summed E-state index contributed by atoms with van der Waals surface area (Å²) in [6, 6.07) is 81.6. The quantitative estimate of drug-likeness (QED) is 0.163. The molecule has 0 amide bonds. The van der Waals surface area contributed by atoms with E-state index in [0.717, 1.165) is 0 Å². The molecule has 0 spiro atoms. The highest BCUT2D eigenvalue weighted by molar-refractivity contribution is 8.01. The molecular weight excluding hydrogens is 866 g/mol. The van der Waals surface area contributed by atoms with Crippen molar-refractivity contribution in [3.63, 3.8) is 0 Å². The maximum Gasteiger partial charge on any atom is 0.246 e. The lowest BCUT2D eigenvalue weighted by molar-refractivity contribution is 1.18. The second kappa shape index (κ2) is 14.7. The number of aromatic nitrogens is 2. The molecule has 310 valence electrons. The molecule has 15 rings (SSSR count). The van der Waals surface area contributed by atoms with Crippen molar-refractivity contribution < 1.29 is 0 Å². The summed E-state index contributed by atoms with van der Waals surface area (Å²) in [5.41, 5.74) is 15.5. The Morgan fingerprint density at radius 2 is 0.940 bits per heavy atom. The van der Waals surface area contributed by atoms with Crippen molar-refractivity contribution in [2.75, 3.05) is 0 Å². The monoisotopic (exact) mass is 902 g/mol. The summed E-state index contributed by atoms with van der Waals surface area (Å²) < 4.78 is 7.74. The standard InChI is InChI=1S/C60H36B2N2S3/c1-3-18-37(19-4-1)61-45-27-10-15-32-51(45)66-59-54-44-26-9-14-31-50(44)65-58(54)56-60(55(59)61)67-52-33-16-11-28-46(52)62(56)38-20-17-23-40(36-38)63-48-30-13-8-25-43(48)53-49(63)35-34-42-41-24-7-12-29-47(41)64(57(42)53)39-21-5-2-6-22-39/h1-36H. The Labute approximate surface area is 400 Å². The second-order valence-corrected chi connectivity index (χ2v) is 21.0. The van der Waals surface area contributed by atoms with Crippen LogP contribution in [-0.2, 0) is 0 Å². The van der Waals surface area contributed by atoms with Gasteiger partial charge in [-0.3, -0.25) is 0 Å². The molecule has 0 bridgehead atoms. The molecule has 0 atom stereocenters. The Hall–Kier alpha value is -7.15. The average Bonchev–Trinajstić information content (AvgIpc) is 4.06. The molecule has 0 saturated carbocycles. The zero-order valence-electron chi connectivity index (χ0n) is 36.1. The fourth-order valence-corrected chi connectivity index (χ4v) is 15.8. The molecule has 2 aliphatic rings. The van der Waals surface area contributed by atoms with E-state index < -0.39 is 0 Å². The number of para-hydroxylation sites is 3. The number of rotatable bonds is 4. The average molecular weight is 903 g/mol. The van der Waals surface area contributed by atoms with Crippen LogP contribution in [0.3, 0.4) is 0 Å². The molecule has 0 N–H and O–H groups in total. The first-order valence-corrected chi connectivity index (χ1v) is 25.4. The van der Waals surface area contributed by atoms with Crippen LogP contribution in [0.2, 0.25) is 0 Å². The van der Waals surface area contributed by atoms with Crippen molar-refractivity contribution in [1.29, 1.82) is 0 Å². The third-order valence-electron chi connectivity index (χ3n) is 14.3. The molecule has 0 radical (unpaired) electrons. The van der Waals surface area contributed by atoms with Crippen LogP contribution in [-0.4, -0.2) is 22.6 Å². The Kier molecular flexibility index (Phi) is 8.32. The van der Waals surface area contributed by atoms with Crippen LogP contribution in [0.5, 0.6) is 0 Å². The molecule has 0 saturated heterocycles. The van der Waals surface area contributed by atoms with Crippen molar-refractivity contribution in [3.8, 4) is 11.4 Å². The Morgan fingerprint density at radius 3 is 1.72 bits per heavy atom. The van der Waals surface area contributed by atoms with Crippen molar-refractivity contribution in [2.24, 2.45) is 0 Å². The molecule has 67 heavy (non-hydrogen) atoms. The van der Waals surface area contributed by atoms with Crippen LogP contribution in [0, 0.1) is 0 Å². The number of thiophene rings is 1. The molecule has 7 heteroatoms. The maximum atomic E-state index is 2.52. The SMILES string of the molecule is c1ccc(B2c3ccccc3Sc3c2c2c(c4sc5ccccc5c34)B(c3cccc(-n4c5ccccc5c5c4ccc4c6ccccc6n(-c6ccccc6)c45)c3)c3ccccc3S2)cc1. The summed E-state index contributed by atoms with van der Waals surface area (Å²) in [4.78, 5) is 5.49. The first-order chi connectivity index (χ1) is 33.3. The van der Waals surface area contributed by atoms with Crippen molar-refractivity contribution in [3.05, 3.63) is 218 Å². The lowest BCUT2D eigenvalue weighted by Gasteiger charge is -2.35. The first kappa shape index (κ1) is 38.0. The zero-order chi connectivity index (χ0) is 43.7. The lowest BCUT2D eigenvalue weighted by Crippen LogP contribution is -2.61. The first-order valence-electron chi connectivity index (χ1n) is 23.0. The smallest absolute Gasteiger partial charge is 0.246 e. The van der Waals surface area contributed by atoms with Gasteiger partial charge >= 0.3 is 0 Å². The Balaban J connectivity index is 1.02. The van der Waals surface area contributed by atoms with Gasteiger partial charge in [-0.25, -0.2) is 0 Å². The van der Waals surface area contributed by atoms with Crippen LogP contribution in [0.4, 0.5) is 0 Å². The van der Waals surface area contributed by atoms with Gasteiger partial charge in [0.1, 0.15) is 0 Å². The molecule has 0 unspecified atom stereocenters. The van der Waals surface area contributed by atoms with E-state index in [0.29, 0.717) is 0 Å². The van der Waals surface area contributed by atoms with Crippen molar-refractivity contribution in [1.82, 2.24) is 9.13 Å². The van der Waals surface area contributed by atoms with Gasteiger partial charge in [-0.2, -0.15) is 0 Å². The third kappa shape index (κ3) is 5.45. The summed E-state index contributed by atoms with van der Waals surface area (Å²) >= 11 is 5.93. The summed E-state index contributed by atoms with van der Waals surface area (Å²) in [7, 11) is 0. The highest BCUT2D eigenvalue weighted by Gasteiger charge is 2.42. The van der Waals surface area contributed by atoms with Crippen LogP contribution >= 0.6 is 34.9 Å². The summed E-state index contributed by atoms with van der Waals surface area (Å²) in [6.45, 7) is 0.100. The number of benzene rings is 10. The van der Waals surface area contributed by atoms with E-state index in [1.165, 1.54) is 128 Å². The van der Waals surface area contributed by atoms with Gasteiger partial charge in [-0.05, 0) is 71.6 Å². The Morgan fingerprint density at radius 1 is 0.358 bits per heavy atom. The minimum atomic E-state index is 0.00673. The van der Waals surface area contributed by atoms with Crippen LogP contribution in [0.15, 0.2) is 238 Å². The molecule has 3 aromatic heterocycles. The van der Waals surface area contributed by atoms with Gasteiger partial charge in [0.2, 0.25) is 13.4 Å². The lowest BCUT2D eigenvalue weighted by atomic mass is 9.33. The van der Waals surface area contributed by atoms with Crippen molar-refractivity contribution in [2.45, 2.75) is 19.6 Å². The van der Waals surface area contributed by atoms with Gasteiger partial charge in [-0.15, -0.1) is 11.3 Å². The van der Waals surface area contributed by atoms with Crippen LogP contribution < -0.4 is 32.8 Å². The summed E-state index contributed by atoms with van der Waals surface area (Å²) in [6.07, 6.45) is 0. The van der Waals surface area contributed by atoms with Crippen LogP contribution in [0.25, 0.3) is 75.2 Å². The van der Waals surface area contributed by atoms with E-state index in [1.807, 2.05) is 34.9 Å². The Bertz CT molecular complexity index is 4190. The van der Waals surface area contributed by atoms with E-state index >= 15 is 0 Å². The normalized spacial score (nSPS) is 13.2. The molecule has 13 aromatic rings. The van der Waals surface area contributed by atoms with E-state index in [4.69, 9.17) is 0 Å². The molecule has 10 aromatic carbocycles. The topological polar surface area (TPSA) is 9.86 Å². The second-order valence-electron chi connectivity index (χ2n) is 17.8. The summed E-state index contributed by atoms with van der Waals surface area (Å²) in [5.74, 6) is 0. The number of hydrogen-bond donors (Lipinski definition) is 0. The van der Waals surface area contributed by atoms with Crippen molar-refractivity contribution >= 4 is 145 Å².